The maximum atomic E-state index is 8.77. The lowest BCUT2D eigenvalue weighted by molar-refractivity contribution is 0.247. The van der Waals surface area contributed by atoms with Crippen LogP contribution in [0.25, 0.3) is 0 Å². The van der Waals surface area contributed by atoms with Gasteiger partial charge in [-0.15, -0.1) is 0 Å². The van der Waals surface area contributed by atoms with Gasteiger partial charge in [0.2, 0.25) is 0 Å². The first-order valence-electron chi connectivity index (χ1n) is 7.12. The molecule has 0 aromatic heterocycles. The summed E-state index contributed by atoms with van der Waals surface area (Å²) in [7, 11) is 1.64. The van der Waals surface area contributed by atoms with Gasteiger partial charge in [0.15, 0.2) is 11.5 Å². The first-order chi connectivity index (χ1) is 9.46. The van der Waals surface area contributed by atoms with Crippen molar-refractivity contribution in [1.29, 1.82) is 0 Å². The summed E-state index contributed by atoms with van der Waals surface area (Å²) < 4.78 is 11.0. The summed E-state index contributed by atoms with van der Waals surface area (Å²) in [6.07, 6.45) is 1.59. The van der Waals surface area contributed by atoms with Crippen LogP contribution in [0.2, 0.25) is 0 Å². The van der Waals surface area contributed by atoms with Gasteiger partial charge in [-0.3, -0.25) is 0 Å². The molecule has 1 rings (SSSR count). The van der Waals surface area contributed by atoms with Crippen molar-refractivity contribution in [3.63, 3.8) is 0 Å². The van der Waals surface area contributed by atoms with E-state index in [1.165, 1.54) is 0 Å². The van der Waals surface area contributed by atoms with Crippen molar-refractivity contribution in [2.45, 2.75) is 45.7 Å². The number of rotatable bonds is 8. The highest BCUT2D eigenvalue weighted by molar-refractivity contribution is 5.43. The Morgan fingerprint density at radius 2 is 1.90 bits per heavy atom. The summed E-state index contributed by atoms with van der Waals surface area (Å²) in [5.74, 6) is 1.51. The molecular formula is C16H27NO3. The van der Waals surface area contributed by atoms with E-state index in [-0.39, 0.29) is 12.1 Å². The number of nitrogens with one attached hydrogen (secondary N) is 1. The van der Waals surface area contributed by atoms with Crippen LogP contribution in [0.3, 0.4) is 0 Å². The lowest BCUT2D eigenvalue weighted by Gasteiger charge is -2.21. The molecule has 0 heterocycles. The van der Waals surface area contributed by atoms with Gasteiger partial charge in [-0.25, -0.2) is 0 Å². The largest absolute Gasteiger partial charge is 0.493 e. The van der Waals surface area contributed by atoms with E-state index in [9.17, 15) is 0 Å². The Bertz CT molecular complexity index is 399. The van der Waals surface area contributed by atoms with Gasteiger partial charge in [0.25, 0.3) is 0 Å². The Morgan fingerprint density at radius 3 is 2.50 bits per heavy atom. The van der Waals surface area contributed by atoms with Crippen LogP contribution in [-0.2, 0) is 6.54 Å². The van der Waals surface area contributed by atoms with Gasteiger partial charge >= 0.3 is 0 Å². The minimum atomic E-state index is 0.0854. The molecule has 0 aliphatic carbocycles. The standard InChI is InChI=1S/C16H27NO3/c1-16(2,3)17-12-13-7-8-14(19-4)15(11-13)20-10-6-5-9-18/h7-8,11,17-18H,5-6,9-10,12H2,1-4H3. The van der Waals surface area contributed by atoms with Crippen molar-refractivity contribution >= 4 is 0 Å². The van der Waals surface area contributed by atoms with E-state index < -0.39 is 0 Å². The van der Waals surface area contributed by atoms with Crippen LogP contribution in [0.4, 0.5) is 0 Å². The number of benzene rings is 1. The number of aliphatic hydroxyl groups is 1. The van der Waals surface area contributed by atoms with Crippen molar-refractivity contribution in [1.82, 2.24) is 5.32 Å². The summed E-state index contributed by atoms with van der Waals surface area (Å²) >= 11 is 0. The lowest BCUT2D eigenvalue weighted by atomic mass is 10.1. The molecule has 0 saturated carbocycles. The van der Waals surface area contributed by atoms with Crippen LogP contribution in [-0.4, -0.2) is 31.0 Å². The van der Waals surface area contributed by atoms with Crippen molar-refractivity contribution < 1.29 is 14.6 Å². The molecule has 4 heteroatoms. The SMILES string of the molecule is COc1ccc(CNC(C)(C)C)cc1OCCCCO. The molecule has 0 saturated heterocycles. The van der Waals surface area contributed by atoms with Crippen LogP contribution < -0.4 is 14.8 Å². The summed E-state index contributed by atoms with van der Waals surface area (Å²) in [6, 6.07) is 5.98. The average molecular weight is 281 g/mol. The van der Waals surface area contributed by atoms with Crippen LogP contribution in [0.15, 0.2) is 18.2 Å². The van der Waals surface area contributed by atoms with Crippen molar-refractivity contribution in [3.8, 4) is 11.5 Å². The Labute approximate surface area is 122 Å². The second kappa shape index (κ2) is 8.12. The van der Waals surface area contributed by atoms with E-state index in [0.717, 1.165) is 36.4 Å². The topological polar surface area (TPSA) is 50.7 Å². The van der Waals surface area contributed by atoms with Crippen LogP contribution >= 0.6 is 0 Å². The third-order valence-corrected chi connectivity index (χ3v) is 2.86. The van der Waals surface area contributed by atoms with E-state index in [0.29, 0.717) is 6.61 Å². The van der Waals surface area contributed by atoms with Gasteiger partial charge in [0.1, 0.15) is 0 Å². The zero-order chi connectivity index (χ0) is 15.0. The van der Waals surface area contributed by atoms with Gasteiger partial charge in [0, 0.05) is 18.7 Å². The number of hydrogen-bond donors (Lipinski definition) is 2. The van der Waals surface area contributed by atoms with E-state index in [2.05, 4.69) is 26.1 Å². The zero-order valence-corrected chi connectivity index (χ0v) is 13.0. The smallest absolute Gasteiger partial charge is 0.161 e. The number of methoxy groups -OCH3 is 1. The minimum absolute atomic E-state index is 0.0854. The molecule has 4 nitrogen and oxygen atoms in total. The van der Waals surface area contributed by atoms with E-state index in [4.69, 9.17) is 14.6 Å². The quantitative estimate of drug-likeness (QED) is 0.719. The molecule has 0 spiro atoms. The highest BCUT2D eigenvalue weighted by Gasteiger charge is 2.10. The molecule has 1 aromatic rings. The van der Waals surface area contributed by atoms with Crippen LogP contribution in [0, 0.1) is 0 Å². The molecule has 0 atom stereocenters. The Kier molecular flexibility index (Phi) is 6.82. The van der Waals surface area contributed by atoms with Gasteiger partial charge < -0.3 is 19.9 Å². The van der Waals surface area contributed by atoms with Crippen molar-refractivity contribution in [3.05, 3.63) is 23.8 Å². The predicted molar refractivity (Wildman–Crippen MR) is 81.4 cm³/mol. The number of ether oxygens (including phenoxy) is 2. The maximum Gasteiger partial charge on any atom is 0.161 e. The minimum Gasteiger partial charge on any atom is -0.493 e. The third kappa shape index (κ3) is 6.26. The molecule has 1 aromatic carbocycles. The summed E-state index contributed by atoms with van der Waals surface area (Å²) in [4.78, 5) is 0. The second-order valence-corrected chi connectivity index (χ2v) is 5.87. The summed E-state index contributed by atoms with van der Waals surface area (Å²) in [5, 5.41) is 12.2. The van der Waals surface area contributed by atoms with E-state index in [1.807, 2.05) is 18.2 Å². The third-order valence-electron chi connectivity index (χ3n) is 2.86. The van der Waals surface area contributed by atoms with E-state index in [1.54, 1.807) is 7.11 Å². The highest BCUT2D eigenvalue weighted by atomic mass is 16.5. The highest BCUT2D eigenvalue weighted by Crippen LogP contribution is 2.28. The Hall–Kier alpha value is -1.26. The summed E-state index contributed by atoms with van der Waals surface area (Å²) in [6.45, 7) is 8.01. The molecule has 114 valence electrons. The fraction of sp³-hybridized carbons (Fsp3) is 0.625. The Morgan fingerprint density at radius 1 is 1.15 bits per heavy atom. The second-order valence-electron chi connectivity index (χ2n) is 5.87. The van der Waals surface area contributed by atoms with Crippen LogP contribution in [0.5, 0.6) is 11.5 Å². The fourth-order valence-corrected chi connectivity index (χ4v) is 1.71. The Balaban J connectivity index is 2.65. The first-order valence-corrected chi connectivity index (χ1v) is 7.12. The van der Waals surface area contributed by atoms with Gasteiger partial charge in [-0.2, -0.15) is 0 Å². The molecule has 0 radical (unpaired) electrons. The molecule has 0 bridgehead atoms. The molecule has 0 aliphatic heterocycles. The van der Waals surface area contributed by atoms with Gasteiger partial charge in [-0.05, 0) is 51.3 Å². The van der Waals surface area contributed by atoms with Crippen molar-refractivity contribution in [2.24, 2.45) is 0 Å². The fourth-order valence-electron chi connectivity index (χ4n) is 1.71. The molecule has 0 fully saturated rings. The molecule has 0 aliphatic rings. The molecule has 20 heavy (non-hydrogen) atoms. The predicted octanol–water partition coefficient (Wildman–Crippen LogP) is 2.73. The van der Waals surface area contributed by atoms with Gasteiger partial charge in [-0.1, -0.05) is 6.07 Å². The molecule has 0 amide bonds. The van der Waals surface area contributed by atoms with Gasteiger partial charge in [0.05, 0.1) is 13.7 Å². The number of hydrogen-bond acceptors (Lipinski definition) is 4. The summed E-state index contributed by atoms with van der Waals surface area (Å²) in [5.41, 5.74) is 1.25. The maximum absolute atomic E-state index is 8.77. The lowest BCUT2D eigenvalue weighted by Crippen LogP contribution is -2.35. The van der Waals surface area contributed by atoms with Crippen molar-refractivity contribution in [2.75, 3.05) is 20.3 Å². The van der Waals surface area contributed by atoms with E-state index >= 15 is 0 Å². The molecule has 0 unspecified atom stereocenters. The number of aliphatic hydroxyl groups excluding tert-OH is 1. The molecular weight excluding hydrogens is 254 g/mol. The first kappa shape index (κ1) is 16.8. The number of unbranched alkanes of at least 4 members (excludes halogenated alkanes) is 1. The zero-order valence-electron chi connectivity index (χ0n) is 13.0. The molecule has 2 N–H and O–H groups in total. The monoisotopic (exact) mass is 281 g/mol. The average Bonchev–Trinajstić information content (AvgIpc) is 2.40. The normalized spacial score (nSPS) is 11.4. The van der Waals surface area contributed by atoms with Crippen LogP contribution in [0.1, 0.15) is 39.2 Å².